The van der Waals surface area contributed by atoms with Crippen LogP contribution in [0.25, 0.3) is 0 Å². The molecule has 0 radical (unpaired) electrons. The largest absolute Gasteiger partial charge is 0.313 e. The molecule has 1 N–H and O–H groups in total. The topological polar surface area (TPSA) is 15.3 Å². The van der Waals surface area contributed by atoms with Gasteiger partial charge in [-0.1, -0.05) is 34.1 Å². The standard InChI is InChI=1S/C12H28N2/c1-5-9-10-14(8-4)11-12(6-2)13-7-3/h12-13H,5-11H2,1-4H3. The summed E-state index contributed by atoms with van der Waals surface area (Å²) in [6, 6.07) is 0.678. The maximum Gasteiger partial charge on any atom is 0.0192 e. The minimum absolute atomic E-state index is 0.678. The molecule has 0 bridgehead atoms. The zero-order chi connectivity index (χ0) is 10.8. The summed E-state index contributed by atoms with van der Waals surface area (Å²) in [5.74, 6) is 0. The van der Waals surface area contributed by atoms with E-state index in [1.807, 2.05) is 0 Å². The maximum atomic E-state index is 3.53. The Morgan fingerprint density at radius 1 is 1.14 bits per heavy atom. The van der Waals surface area contributed by atoms with Crippen molar-refractivity contribution in [2.75, 3.05) is 26.2 Å². The highest BCUT2D eigenvalue weighted by Crippen LogP contribution is 1.99. The maximum absolute atomic E-state index is 3.53. The van der Waals surface area contributed by atoms with Crippen molar-refractivity contribution >= 4 is 0 Å². The van der Waals surface area contributed by atoms with Crippen molar-refractivity contribution in [2.45, 2.75) is 53.0 Å². The molecule has 0 saturated heterocycles. The molecule has 1 unspecified atom stereocenters. The molecule has 2 nitrogen and oxygen atoms in total. The molecular weight excluding hydrogens is 172 g/mol. The minimum atomic E-state index is 0.678. The molecule has 0 amide bonds. The van der Waals surface area contributed by atoms with Gasteiger partial charge in [0.1, 0.15) is 0 Å². The number of rotatable bonds is 9. The highest BCUT2D eigenvalue weighted by Gasteiger charge is 2.09. The monoisotopic (exact) mass is 200 g/mol. The van der Waals surface area contributed by atoms with Crippen molar-refractivity contribution < 1.29 is 0 Å². The molecule has 0 spiro atoms. The van der Waals surface area contributed by atoms with Crippen molar-refractivity contribution in [3.05, 3.63) is 0 Å². The lowest BCUT2D eigenvalue weighted by molar-refractivity contribution is 0.247. The van der Waals surface area contributed by atoms with E-state index in [1.54, 1.807) is 0 Å². The summed E-state index contributed by atoms with van der Waals surface area (Å²) in [4.78, 5) is 2.56. The normalized spacial score (nSPS) is 13.5. The zero-order valence-electron chi connectivity index (χ0n) is 10.5. The van der Waals surface area contributed by atoms with Gasteiger partial charge in [-0.3, -0.25) is 0 Å². The lowest BCUT2D eigenvalue weighted by Gasteiger charge is -2.26. The third-order valence-corrected chi connectivity index (χ3v) is 2.74. The first-order chi connectivity index (χ1) is 6.78. The summed E-state index contributed by atoms with van der Waals surface area (Å²) in [6.07, 6.45) is 3.86. The van der Waals surface area contributed by atoms with Gasteiger partial charge in [-0.15, -0.1) is 0 Å². The molecule has 0 aromatic heterocycles. The lowest BCUT2D eigenvalue weighted by atomic mass is 10.2. The summed E-state index contributed by atoms with van der Waals surface area (Å²) >= 11 is 0. The third kappa shape index (κ3) is 6.39. The Hall–Kier alpha value is -0.0800. The Bertz CT molecular complexity index is 115. The molecule has 0 aliphatic carbocycles. The molecule has 0 heterocycles. The average molecular weight is 200 g/mol. The van der Waals surface area contributed by atoms with E-state index in [9.17, 15) is 0 Å². The van der Waals surface area contributed by atoms with Crippen LogP contribution < -0.4 is 5.32 Å². The molecule has 86 valence electrons. The fraction of sp³-hybridized carbons (Fsp3) is 1.00. The number of nitrogens with zero attached hydrogens (tertiary/aromatic N) is 1. The van der Waals surface area contributed by atoms with Crippen LogP contribution in [-0.2, 0) is 0 Å². The van der Waals surface area contributed by atoms with Gasteiger partial charge in [-0.05, 0) is 32.5 Å². The molecule has 0 fully saturated rings. The molecule has 0 rings (SSSR count). The number of nitrogens with one attached hydrogen (secondary N) is 1. The molecule has 0 aromatic rings. The smallest absolute Gasteiger partial charge is 0.0192 e. The SMILES string of the molecule is CCCCN(CC)CC(CC)NCC. The highest BCUT2D eigenvalue weighted by molar-refractivity contribution is 4.69. The highest BCUT2D eigenvalue weighted by atomic mass is 15.1. The average Bonchev–Trinajstić information content (AvgIpc) is 2.22. The Balaban J connectivity index is 3.75. The van der Waals surface area contributed by atoms with Crippen LogP contribution in [0.3, 0.4) is 0 Å². The van der Waals surface area contributed by atoms with E-state index in [2.05, 4.69) is 37.9 Å². The summed E-state index contributed by atoms with van der Waals surface area (Å²) in [5, 5.41) is 3.53. The van der Waals surface area contributed by atoms with Crippen LogP contribution in [0.4, 0.5) is 0 Å². The van der Waals surface area contributed by atoms with Crippen LogP contribution in [0.2, 0.25) is 0 Å². The Morgan fingerprint density at radius 3 is 2.29 bits per heavy atom. The van der Waals surface area contributed by atoms with Gasteiger partial charge in [-0.25, -0.2) is 0 Å². The van der Waals surface area contributed by atoms with Gasteiger partial charge in [0.15, 0.2) is 0 Å². The molecule has 1 atom stereocenters. The Morgan fingerprint density at radius 2 is 1.86 bits per heavy atom. The number of hydrogen-bond acceptors (Lipinski definition) is 2. The fourth-order valence-corrected chi connectivity index (χ4v) is 1.70. The molecule has 0 aromatic carbocycles. The summed E-state index contributed by atoms with van der Waals surface area (Å²) < 4.78 is 0. The fourth-order valence-electron chi connectivity index (χ4n) is 1.70. The number of hydrogen-bond donors (Lipinski definition) is 1. The summed E-state index contributed by atoms with van der Waals surface area (Å²) in [5.41, 5.74) is 0. The van der Waals surface area contributed by atoms with E-state index >= 15 is 0 Å². The van der Waals surface area contributed by atoms with E-state index < -0.39 is 0 Å². The van der Waals surface area contributed by atoms with E-state index in [0.29, 0.717) is 6.04 Å². The molecule has 0 aliphatic rings. The molecule has 0 aliphatic heterocycles. The van der Waals surface area contributed by atoms with Crippen LogP contribution in [0.1, 0.15) is 47.0 Å². The lowest BCUT2D eigenvalue weighted by Crippen LogP contribution is -2.41. The second-order valence-electron chi connectivity index (χ2n) is 3.91. The second-order valence-corrected chi connectivity index (χ2v) is 3.91. The van der Waals surface area contributed by atoms with Gasteiger partial charge in [0.05, 0.1) is 0 Å². The van der Waals surface area contributed by atoms with Gasteiger partial charge in [0, 0.05) is 12.6 Å². The van der Waals surface area contributed by atoms with Crippen LogP contribution in [0.15, 0.2) is 0 Å². The van der Waals surface area contributed by atoms with Crippen molar-refractivity contribution in [1.82, 2.24) is 10.2 Å². The quantitative estimate of drug-likeness (QED) is 0.615. The summed E-state index contributed by atoms with van der Waals surface area (Å²) in [6.45, 7) is 13.7. The molecule has 14 heavy (non-hydrogen) atoms. The first-order valence-corrected chi connectivity index (χ1v) is 6.24. The third-order valence-electron chi connectivity index (χ3n) is 2.74. The van der Waals surface area contributed by atoms with Crippen molar-refractivity contribution in [2.24, 2.45) is 0 Å². The van der Waals surface area contributed by atoms with Crippen molar-refractivity contribution in [3.8, 4) is 0 Å². The van der Waals surface area contributed by atoms with E-state index in [0.717, 1.165) is 6.54 Å². The van der Waals surface area contributed by atoms with Crippen LogP contribution >= 0.6 is 0 Å². The van der Waals surface area contributed by atoms with Crippen LogP contribution in [-0.4, -0.2) is 37.1 Å². The van der Waals surface area contributed by atoms with E-state index in [-0.39, 0.29) is 0 Å². The van der Waals surface area contributed by atoms with Gasteiger partial charge in [-0.2, -0.15) is 0 Å². The second kappa shape index (κ2) is 9.47. The predicted octanol–water partition coefficient (Wildman–Crippen LogP) is 2.50. The van der Waals surface area contributed by atoms with Gasteiger partial charge >= 0.3 is 0 Å². The number of unbranched alkanes of at least 4 members (excludes halogenated alkanes) is 1. The van der Waals surface area contributed by atoms with Crippen molar-refractivity contribution in [1.29, 1.82) is 0 Å². The summed E-state index contributed by atoms with van der Waals surface area (Å²) in [7, 11) is 0. The van der Waals surface area contributed by atoms with Gasteiger partial charge in [0.25, 0.3) is 0 Å². The van der Waals surface area contributed by atoms with Crippen molar-refractivity contribution in [3.63, 3.8) is 0 Å². The number of likely N-dealkylation sites (N-methyl/N-ethyl adjacent to an activating group) is 2. The Kier molecular flexibility index (Phi) is 9.42. The molecule has 2 heteroatoms. The zero-order valence-corrected chi connectivity index (χ0v) is 10.5. The van der Waals surface area contributed by atoms with E-state index in [4.69, 9.17) is 0 Å². The minimum Gasteiger partial charge on any atom is -0.313 e. The predicted molar refractivity (Wildman–Crippen MR) is 64.8 cm³/mol. The molecule has 0 saturated carbocycles. The first-order valence-electron chi connectivity index (χ1n) is 6.24. The van der Waals surface area contributed by atoms with Crippen LogP contribution in [0, 0.1) is 0 Å². The first kappa shape index (κ1) is 13.9. The van der Waals surface area contributed by atoms with E-state index in [1.165, 1.54) is 38.9 Å². The van der Waals surface area contributed by atoms with Gasteiger partial charge < -0.3 is 10.2 Å². The van der Waals surface area contributed by atoms with Crippen LogP contribution in [0.5, 0.6) is 0 Å². The van der Waals surface area contributed by atoms with Gasteiger partial charge in [0.2, 0.25) is 0 Å². The molecular formula is C12H28N2. The Labute approximate surface area is 90.1 Å².